The highest BCUT2D eigenvalue weighted by atomic mass is 16.5. The molecule has 3 nitrogen and oxygen atoms in total. The Kier molecular flexibility index (Phi) is 2.21. The first kappa shape index (κ1) is 8.17. The Bertz CT molecular complexity index is 367. The molecule has 0 saturated carbocycles. The maximum atomic E-state index is 10.1. The zero-order chi connectivity index (χ0) is 9.10. The molecule has 2 rings (SSSR count). The number of isocyanates is 1. The molecule has 1 aromatic rings. The third-order valence-electron chi connectivity index (χ3n) is 2.17. The molecular weight excluding hydrogens is 166 g/mol. The van der Waals surface area contributed by atoms with E-state index in [1.165, 1.54) is 0 Å². The van der Waals surface area contributed by atoms with Crippen molar-refractivity contribution < 1.29 is 9.53 Å². The highest BCUT2D eigenvalue weighted by molar-refractivity contribution is 5.56. The number of nitrogens with zero attached hydrogens (tertiary/aromatic N) is 1. The Morgan fingerprint density at radius 1 is 1.46 bits per heavy atom. The summed E-state index contributed by atoms with van der Waals surface area (Å²) >= 11 is 0. The van der Waals surface area contributed by atoms with Crippen LogP contribution in [-0.4, -0.2) is 12.7 Å². The van der Waals surface area contributed by atoms with Gasteiger partial charge >= 0.3 is 0 Å². The van der Waals surface area contributed by atoms with E-state index in [9.17, 15) is 4.79 Å². The van der Waals surface area contributed by atoms with Crippen molar-refractivity contribution in [3.8, 4) is 0 Å². The molecule has 0 atom stereocenters. The van der Waals surface area contributed by atoms with Gasteiger partial charge in [0.05, 0.1) is 18.9 Å². The minimum absolute atomic E-state index is 0.623. The van der Waals surface area contributed by atoms with Crippen molar-refractivity contribution in [1.82, 2.24) is 0 Å². The zero-order valence-corrected chi connectivity index (χ0v) is 7.12. The van der Waals surface area contributed by atoms with E-state index in [1.807, 2.05) is 18.2 Å². The van der Waals surface area contributed by atoms with Crippen molar-refractivity contribution in [2.75, 3.05) is 6.61 Å². The van der Waals surface area contributed by atoms with E-state index in [2.05, 4.69) is 4.99 Å². The minimum atomic E-state index is 0.623. The molecule has 0 aliphatic carbocycles. The molecule has 1 heterocycles. The average Bonchev–Trinajstić information content (AvgIpc) is 2.19. The molecule has 0 saturated heterocycles. The van der Waals surface area contributed by atoms with Gasteiger partial charge in [-0.15, -0.1) is 0 Å². The second kappa shape index (κ2) is 3.52. The fraction of sp³-hybridized carbons (Fsp3) is 0.300. The van der Waals surface area contributed by atoms with Crippen LogP contribution in [0.4, 0.5) is 5.69 Å². The molecule has 1 aromatic carbocycles. The van der Waals surface area contributed by atoms with Gasteiger partial charge in [-0.05, 0) is 23.6 Å². The fourth-order valence-electron chi connectivity index (χ4n) is 1.56. The first-order chi connectivity index (χ1) is 6.42. The summed E-state index contributed by atoms with van der Waals surface area (Å²) in [6.07, 6.45) is 2.40. The van der Waals surface area contributed by atoms with Gasteiger partial charge in [-0.1, -0.05) is 12.1 Å². The number of hydrogen-bond acceptors (Lipinski definition) is 3. The van der Waals surface area contributed by atoms with Crippen LogP contribution in [0.25, 0.3) is 0 Å². The van der Waals surface area contributed by atoms with E-state index in [0.717, 1.165) is 23.2 Å². The van der Waals surface area contributed by atoms with Crippen molar-refractivity contribution in [2.24, 2.45) is 4.99 Å². The second-order valence-electron chi connectivity index (χ2n) is 2.92. The lowest BCUT2D eigenvalue weighted by Gasteiger charge is -2.16. The summed E-state index contributed by atoms with van der Waals surface area (Å²) < 4.78 is 5.29. The van der Waals surface area contributed by atoms with Gasteiger partial charge in [0, 0.05) is 0 Å². The molecule has 0 aromatic heterocycles. The van der Waals surface area contributed by atoms with Crippen molar-refractivity contribution in [2.45, 2.75) is 13.0 Å². The Morgan fingerprint density at radius 3 is 3.23 bits per heavy atom. The summed E-state index contributed by atoms with van der Waals surface area (Å²) in [6, 6.07) is 5.71. The molecule has 66 valence electrons. The third kappa shape index (κ3) is 1.52. The monoisotopic (exact) mass is 175 g/mol. The maximum Gasteiger partial charge on any atom is 0.240 e. The Morgan fingerprint density at radius 2 is 2.38 bits per heavy atom. The van der Waals surface area contributed by atoms with Gasteiger partial charge < -0.3 is 4.74 Å². The molecule has 0 unspecified atom stereocenters. The van der Waals surface area contributed by atoms with Crippen molar-refractivity contribution in [3.05, 3.63) is 29.3 Å². The predicted octanol–water partition coefficient (Wildman–Crippen LogP) is 1.73. The summed E-state index contributed by atoms with van der Waals surface area (Å²) in [6.45, 7) is 1.33. The van der Waals surface area contributed by atoms with Gasteiger partial charge in [0.2, 0.25) is 6.08 Å². The van der Waals surface area contributed by atoms with Crippen LogP contribution in [0.1, 0.15) is 11.1 Å². The molecule has 0 N–H and O–H groups in total. The average molecular weight is 175 g/mol. The zero-order valence-electron chi connectivity index (χ0n) is 7.12. The van der Waals surface area contributed by atoms with Gasteiger partial charge in [0.15, 0.2) is 0 Å². The fourth-order valence-corrected chi connectivity index (χ4v) is 1.56. The lowest BCUT2D eigenvalue weighted by atomic mass is 10.0. The van der Waals surface area contributed by atoms with Crippen LogP contribution in [-0.2, 0) is 22.6 Å². The molecular formula is C10H9NO2. The van der Waals surface area contributed by atoms with E-state index in [1.54, 1.807) is 6.08 Å². The van der Waals surface area contributed by atoms with E-state index in [-0.39, 0.29) is 0 Å². The Labute approximate surface area is 76.1 Å². The first-order valence-electron chi connectivity index (χ1n) is 4.18. The summed E-state index contributed by atoms with van der Waals surface area (Å²) in [5.74, 6) is 0. The molecule has 0 amide bonds. The van der Waals surface area contributed by atoms with Gasteiger partial charge in [-0.3, -0.25) is 0 Å². The highest BCUT2D eigenvalue weighted by Crippen LogP contribution is 2.26. The SMILES string of the molecule is O=C=Nc1cccc2c1CCOC2. The number of benzene rings is 1. The van der Waals surface area contributed by atoms with Gasteiger partial charge in [-0.2, -0.15) is 4.99 Å². The van der Waals surface area contributed by atoms with Crippen molar-refractivity contribution >= 4 is 11.8 Å². The number of fused-ring (bicyclic) bond motifs is 1. The topological polar surface area (TPSA) is 38.7 Å². The van der Waals surface area contributed by atoms with Gasteiger partial charge in [-0.25, -0.2) is 4.79 Å². The molecule has 3 heteroatoms. The molecule has 0 fully saturated rings. The Balaban J connectivity index is 2.51. The van der Waals surface area contributed by atoms with Gasteiger partial charge in [0.25, 0.3) is 0 Å². The largest absolute Gasteiger partial charge is 0.376 e. The third-order valence-corrected chi connectivity index (χ3v) is 2.17. The summed E-state index contributed by atoms with van der Waals surface area (Å²) in [5.41, 5.74) is 2.98. The van der Waals surface area contributed by atoms with Gasteiger partial charge in [0.1, 0.15) is 0 Å². The lowest BCUT2D eigenvalue weighted by molar-refractivity contribution is 0.111. The molecule has 1 aliphatic rings. The quantitative estimate of drug-likeness (QED) is 0.481. The predicted molar refractivity (Wildman–Crippen MR) is 47.6 cm³/mol. The number of aliphatic imine (C=N–C) groups is 1. The van der Waals surface area contributed by atoms with Crippen LogP contribution in [0, 0.1) is 0 Å². The summed E-state index contributed by atoms with van der Waals surface area (Å²) in [4.78, 5) is 13.8. The van der Waals surface area contributed by atoms with Crippen molar-refractivity contribution in [3.63, 3.8) is 0 Å². The second-order valence-corrected chi connectivity index (χ2v) is 2.92. The highest BCUT2D eigenvalue weighted by Gasteiger charge is 2.12. The van der Waals surface area contributed by atoms with Crippen LogP contribution in [0.3, 0.4) is 0 Å². The van der Waals surface area contributed by atoms with Crippen molar-refractivity contribution in [1.29, 1.82) is 0 Å². The number of hydrogen-bond donors (Lipinski definition) is 0. The Hall–Kier alpha value is -1.44. The first-order valence-corrected chi connectivity index (χ1v) is 4.18. The normalized spacial score (nSPS) is 14.5. The molecule has 0 bridgehead atoms. The van der Waals surface area contributed by atoms with E-state index < -0.39 is 0 Å². The van der Waals surface area contributed by atoms with E-state index >= 15 is 0 Å². The molecule has 1 aliphatic heterocycles. The minimum Gasteiger partial charge on any atom is -0.376 e. The number of rotatable bonds is 1. The lowest BCUT2D eigenvalue weighted by Crippen LogP contribution is -2.09. The number of carbonyl (C=O) groups excluding carboxylic acids is 1. The van der Waals surface area contributed by atoms with Crippen LogP contribution in [0.2, 0.25) is 0 Å². The van der Waals surface area contributed by atoms with Crippen LogP contribution in [0.15, 0.2) is 23.2 Å². The standard InChI is InChI=1S/C10H9NO2/c12-7-11-10-3-1-2-8-6-13-5-4-9(8)10/h1-3H,4-6H2. The maximum absolute atomic E-state index is 10.1. The molecule has 13 heavy (non-hydrogen) atoms. The summed E-state index contributed by atoms with van der Waals surface area (Å²) in [7, 11) is 0. The van der Waals surface area contributed by atoms with E-state index in [4.69, 9.17) is 4.74 Å². The molecule has 0 spiro atoms. The summed E-state index contributed by atoms with van der Waals surface area (Å²) in [5, 5.41) is 0. The van der Waals surface area contributed by atoms with Crippen LogP contribution >= 0.6 is 0 Å². The molecule has 0 radical (unpaired) electrons. The van der Waals surface area contributed by atoms with E-state index in [0.29, 0.717) is 13.2 Å². The van der Waals surface area contributed by atoms with Crippen LogP contribution in [0.5, 0.6) is 0 Å². The number of ether oxygens (including phenoxy) is 1. The van der Waals surface area contributed by atoms with Crippen LogP contribution < -0.4 is 0 Å². The smallest absolute Gasteiger partial charge is 0.240 e.